The van der Waals surface area contributed by atoms with E-state index in [2.05, 4.69) is 5.32 Å². The minimum Gasteiger partial charge on any atom is -0.493 e. The predicted molar refractivity (Wildman–Crippen MR) is 90.0 cm³/mol. The molecule has 2 fully saturated rings. The first-order valence-corrected chi connectivity index (χ1v) is 8.81. The van der Waals surface area contributed by atoms with Crippen LogP contribution in [0.3, 0.4) is 0 Å². The van der Waals surface area contributed by atoms with E-state index < -0.39 is 5.79 Å². The lowest BCUT2D eigenvalue weighted by Gasteiger charge is -2.38. The van der Waals surface area contributed by atoms with E-state index in [1.807, 2.05) is 23.1 Å². The van der Waals surface area contributed by atoms with E-state index in [9.17, 15) is 4.79 Å². The average molecular weight is 348 g/mol. The largest absolute Gasteiger partial charge is 0.493 e. The van der Waals surface area contributed by atoms with Crippen molar-refractivity contribution in [2.24, 2.45) is 0 Å². The average Bonchev–Trinajstić information content (AvgIpc) is 3.09. The normalized spacial score (nSPS) is 24.5. The van der Waals surface area contributed by atoms with Crippen LogP contribution in [0.2, 0.25) is 0 Å². The number of para-hydroxylation sites is 1. The summed E-state index contributed by atoms with van der Waals surface area (Å²) >= 11 is 0. The van der Waals surface area contributed by atoms with Crippen molar-refractivity contribution in [3.8, 4) is 11.5 Å². The van der Waals surface area contributed by atoms with E-state index in [0.29, 0.717) is 32.9 Å². The van der Waals surface area contributed by atoms with Gasteiger partial charge in [0.05, 0.1) is 26.4 Å². The van der Waals surface area contributed by atoms with Gasteiger partial charge in [-0.3, -0.25) is 0 Å². The third-order valence-electron chi connectivity index (χ3n) is 5.13. The third-order valence-corrected chi connectivity index (χ3v) is 5.13. The lowest BCUT2D eigenvalue weighted by atomic mass is 10.0. The number of hydrogen-bond donors (Lipinski definition) is 1. The number of ether oxygens (including phenoxy) is 4. The van der Waals surface area contributed by atoms with Gasteiger partial charge in [-0.15, -0.1) is 0 Å². The fraction of sp³-hybridized carbons (Fsp3) is 0.611. The summed E-state index contributed by atoms with van der Waals surface area (Å²) in [4.78, 5) is 14.4. The number of carbonyl (C=O) groups excluding carboxylic acids is 1. The van der Waals surface area contributed by atoms with E-state index in [-0.39, 0.29) is 12.1 Å². The van der Waals surface area contributed by atoms with E-state index in [4.69, 9.17) is 18.9 Å². The summed E-state index contributed by atoms with van der Waals surface area (Å²) < 4.78 is 22.6. The fourth-order valence-corrected chi connectivity index (χ4v) is 3.75. The van der Waals surface area contributed by atoms with Crippen LogP contribution in [0.5, 0.6) is 11.5 Å². The van der Waals surface area contributed by atoms with Crippen LogP contribution in [-0.2, 0) is 15.9 Å². The second kappa shape index (κ2) is 6.72. The topological polar surface area (TPSA) is 69.3 Å². The van der Waals surface area contributed by atoms with Crippen molar-refractivity contribution in [3.05, 3.63) is 23.8 Å². The number of urea groups is 1. The van der Waals surface area contributed by atoms with Crippen molar-refractivity contribution in [2.75, 3.05) is 40.0 Å². The minimum atomic E-state index is -0.458. The van der Waals surface area contributed by atoms with Crippen LogP contribution in [0.1, 0.15) is 18.4 Å². The van der Waals surface area contributed by atoms with Crippen molar-refractivity contribution >= 4 is 6.03 Å². The van der Waals surface area contributed by atoms with Gasteiger partial charge in [-0.2, -0.15) is 0 Å². The quantitative estimate of drug-likeness (QED) is 0.878. The molecule has 7 heteroatoms. The lowest BCUT2D eigenvalue weighted by molar-refractivity contribution is -0.181. The Morgan fingerprint density at radius 2 is 2.04 bits per heavy atom. The lowest BCUT2D eigenvalue weighted by Crippen LogP contribution is -2.53. The second-order valence-electron chi connectivity index (χ2n) is 6.70. The van der Waals surface area contributed by atoms with Gasteiger partial charge in [0.1, 0.15) is 6.61 Å². The van der Waals surface area contributed by atoms with Crippen molar-refractivity contribution < 1.29 is 23.7 Å². The van der Waals surface area contributed by atoms with Gasteiger partial charge in [0.2, 0.25) is 0 Å². The van der Waals surface area contributed by atoms with Crippen molar-refractivity contribution in [1.82, 2.24) is 10.2 Å². The molecule has 1 aromatic rings. The van der Waals surface area contributed by atoms with Crippen LogP contribution in [-0.4, -0.2) is 62.8 Å². The molecule has 0 radical (unpaired) electrons. The number of amides is 2. The molecule has 0 aromatic heterocycles. The molecule has 7 nitrogen and oxygen atoms in total. The molecular weight excluding hydrogens is 324 g/mol. The van der Waals surface area contributed by atoms with E-state index >= 15 is 0 Å². The monoisotopic (exact) mass is 348 g/mol. The fourth-order valence-electron chi connectivity index (χ4n) is 3.75. The van der Waals surface area contributed by atoms with Gasteiger partial charge in [0.25, 0.3) is 0 Å². The molecule has 0 saturated carbocycles. The smallest absolute Gasteiger partial charge is 0.317 e. The van der Waals surface area contributed by atoms with Crippen LogP contribution in [0.25, 0.3) is 0 Å². The standard InChI is InChI=1S/C18H24N2O5/c1-22-15-4-2-3-13-11-14(12-23-16(13)15)19-17(21)20-7-5-18(6-8-20)24-9-10-25-18/h2-4,14H,5-12H2,1H3,(H,19,21). The Morgan fingerprint density at radius 1 is 1.28 bits per heavy atom. The Hall–Kier alpha value is -1.99. The van der Waals surface area contributed by atoms with Gasteiger partial charge in [0.15, 0.2) is 17.3 Å². The van der Waals surface area contributed by atoms with Gasteiger partial charge in [0, 0.05) is 31.5 Å². The first kappa shape index (κ1) is 16.5. The molecule has 1 N–H and O–H groups in total. The number of fused-ring (bicyclic) bond motifs is 1. The molecule has 1 unspecified atom stereocenters. The van der Waals surface area contributed by atoms with E-state index in [0.717, 1.165) is 36.3 Å². The molecule has 0 bridgehead atoms. The second-order valence-corrected chi connectivity index (χ2v) is 6.70. The number of methoxy groups -OCH3 is 1. The van der Waals surface area contributed by atoms with Crippen LogP contribution in [0.15, 0.2) is 18.2 Å². The molecule has 3 aliphatic rings. The molecule has 4 rings (SSSR count). The minimum absolute atomic E-state index is 0.0398. The van der Waals surface area contributed by atoms with Crippen LogP contribution in [0, 0.1) is 0 Å². The molecule has 2 saturated heterocycles. The van der Waals surface area contributed by atoms with Crippen LogP contribution < -0.4 is 14.8 Å². The SMILES string of the molecule is COc1cccc2c1OCC(NC(=O)N1CCC3(CC1)OCCO3)C2. The zero-order valence-corrected chi connectivity index (χ0v) is 14.5. The maximum absolute atomic E-state index is 12.6. The van der Waals surface area contributed by atoms with Crippen molar-refractivity contribution in [3.63, 3.8) is 0 Å². The summed E-state index contributed by atoms with van der Waals surface area (Å²) in [5.41, 5.74) is 1.06. The summed E-state index contributed by atoms with van der Waals surface area (Å²) in [5, 5.41) is 3.09. The maximum Gasteiger partial charge on any atom is 0.317 e. The first-order chi connectivity index (χ1) is 12.2. The molecule has 1 spiro atoms. The zero-order chi connectivity index (χ0) is 17.3. The Balaban J connectivity index is 1.33. The number of piperidine rings is 1. The summed E-state index contributed by atoms with van der Waals surface area (Å²) in [5.74, 6) is 1.06. The van der Waals surface area contributed by atoms with Gasteiger partial charge in [-0.05, 0) is 12.5 Å². The Morgan fingerprint density at radius 3 is 2.76 bits per heavy atom. The molecule has 3 heterocycles. The number of nitrogens with zero attached hydrogens (tertiary/aromatic N) is 1. The highest BCUT2D eigenvalue weighted by Gasteiger charge is 2.41. The van der Waals surface area contributed by atoms with Gasteiger partial charge < -0.3 is 29.2 Å². The van der Waals surface area contributed by atoms with Crippen LogP contribution >= 0.6 is 0 Å². The zero-order valence-electron chi connectivity index (χ0n) is 14.5. The number of nitrogens with one attached hydrogen (secondary N) is 1. The first-order valence-electron chi connectivity index (χ1n) is 8.81. The molecule has 2 amide bonds. The van der Waals surface area contributed by atoms with E-state index in [1.165, 1.54) is 0 Å². The molecule has 136 valence electrons. The predicted octanol–water partition coefficient (Wildman–Crippen LogP) is 1.55. The maximum atomic E-state index is 12.6. The summed E-state index contributed by atoms with van der Waals surface area (Å²) in [6.45, 7) is 3.03. The highest BCUT2D eigenvalue weighted by Crippen LogP contribution is 2.35. The summed E-state index contributed by atoms with van der Waals surface area (Å²) in [6, 6.07) is 5.75. The number of hydrogen-bond acceptors (Lipinski definition) is 5. The van der Waals surface area contributed by atoms with Crippen molar-refractivity contribution in [2.45, 2.75) is 31.1 Å². The number of rotatable bonds is 2. The van der Waals surface area contributed by atoms with Gasteiger partial charge >= 0.3 is 6.03 Å². The molecular formula is C18H24N2O5. The Labute approximate surface area is 147 Å². The van der Waals surface area contributed by atoms with Gasteiger partial charge in [-0.1, -0.05) is 12.1 Å². The molecule has 25 heavy (non-hydrogen) atoms. The molecule has 1 atom stereocenters. The Kier molecular flexibility index (Phi) is 4.43. The Bertz CT molecular complexity index is 634. The molecule has 0 aliphatic carbocycles. The highest BCUT2D eigenvalue weighted by atomic mass is 16.7. The summed E-state index contributed by atoms with van der Waals surface area (Å²) in [6.07, 6.45) is 2.19. The third kappa shape index (κ3) is 3.26. The van der Waals surface area contributed by atoms with E-state index in [1.54, 1.807) is 7.11 Å². The number of likely N-dealkylation sites (tertiary alicyclic amines) is 1. The highest BCUT2D eigenvalue weighted by molar-refractivity contribution is 5.74. The van der Waals surface area contributed by atoms with Crippen molar-refractivity contribution in [1.29, 1.82) is 0 Å². The van der Waals surface area contributed by atoms with Crippen LogP contribution in [0.4, 0.5) is 4.79 Å². The number of carbonyl (C=O) groups is 1. The molecule has 3 aliphatic heterocycles. The summed E-state index contributed by atoms with van der Waals surface area (Å²) in [7, 11) is 1.63. The molecule has 1 aromatic carbocycles. The number of benzene rings is 1. The van der Waals surface area contributed by atoms with Gasteiger partial charge in [-0.25, -0.2) is 4.79 Å².